The smallest absolute Gasteiger partial charge is 0.308 e. The third-order valence-electron chi connectivity index (χ3n) is 4.40. The van der Waals surface area contributed by atoms with E-state index in [0.29, 0.717) is 30.8 Å². The summed E-state index contributed by atoms with van der Waals surface area (Å²) in [7, 11) is 0. The van der Waals surface area contributed by atoms with Crippen LogP contribution in [0.15, 0.2) is 41.8 Å². The molecule has 2 heterocycles. The van der Waals surface area contributed by atoms with Gasteiger partial charge in [0.2, 0.25) is 5.91 Å². The number of likely N-dealkylation sites (tertiary alicyclic amines) is 1. The average molecular weight is 386 g/mol. The molecule has 1 aliphatic rings. The van der Waals surface area contributed by atoms with Gasteiger partial charge in [0.25, 0.3) is 5.91 Å². The van der Waals surface area contributed by atoms with Crippen LogP contribution in [0.2, 0.25) is 0 Å². The Morgan fingerprint density at radius 3 is 2.63 bits per heavy atom. The summed E-state index contributed by atoms with van der Waals surface area (Å²) in [6.45, 7) is 2.49. The zero-order valence-electron chi connectivity index (χ0n) is 15.1. The summed E-state index contributed by atoms with van der Waals surface area (Å²) in [6, 6.07) is 10.6. The fraction of sp³-hybridized carbons (Fsp3) is 0.350. The van der Waals surface area contributed by atoms with E-state index in [1.165, 1.54) is 6.92 Å². The van der Waals surface area contributed by atoms with Gasteiger partial charge in [0.1, 0.15) is 5.75 Å². The normalized spacial score (nSPS) is 14.6. The predicted molar refractivity (Wildman–Crippen MR) is 103 cm³/mol. The number of hydrogen-bond acceptors (Lipinski definition) is 5. The molecule has 1 aliphatic heterocycles. The number of nitrogens with one attached hydrogen (secondary N) is 1. The third-order valence-corrected chi connectivity index (χ3v) is 5.28. The van der Waals surface area contributed by atoms with E-state index in [4.69, 9.17) is 4.74 Å². The van der Waals surface area contributed by atoms with Crippen LogP contribution in [0.25, 0.3) is 0 Å². The van der Waals surface area contributed by atoms with E-state index < -0.39 is 5.97 Å². The Balaban J connectivity index is 1.50. The lowest BCUT2D eigenvalue weighted by atomic mass is 10.0. The topological polar surface area (TPSA) is 75.7 Å². The monoisotopic (exact) mass is 386 g/mol. The number of amides is 2. The van der Waals surface area contributed by atoms with Gasteiger partial charge in [0.05, 0.1) is 6.42 Å². The van der Waals surface area contributed by atoms with Crippen molar-refractivity contribution >= 4 is 29.1 Å². The lowest BCUT2D eigenvalue weighted by Crippen LogP contribution is -2.46. The molecule has 3 rings (SSSR count). The second-order valence-electron chi connectivity index (χ2n) is 6.51. The molecule has 1 aromatic carbocycles. The highest BCUT2D eigenvalue weighted by Crippen LogP contribution is 2.18. The Morgan fingerprint density at radius 2 is 1.96 bits per heavy atom. The van der Waals surface area contributed by atoms with Crippen molar-refractivity contribution in [2.24, 2.45) is 0 Å². The number of hydrogen-bond donors (Lipinski definition) is 1. The van der Waals surface area contributed by atoms with Gasteiger partial charge in [-0.2, -0.15) is 0 Å². The maximum atomic E-state index is 12.7. The fourth-order valence-corrected chi connectivity index (χ4v) is 3.82. The van der Waals surface area contributed by atoms with E-state index in [1.807, 2.05) is 17.5 Å². The van der Waals surface area contributed by atoms with Crippen LogP contribution in [0.3, 0.4) is 0 Å². The number of piperidine rings is 1. The lowest BCUT2D eigenvalue weighted by molar-refractivity contribution is -0.131. The number of ether oxygens (including phenoxy) is 1. The number of benzene rings is 1. The second kappa shape index (κ2) is 8.81. The first-order valence-corrected chi connectivity index (χ1v) is 9.79. The highest BCUT2D eigenvalue weighted by Gasteiger charge is 2.25. The molecule has 27 heavy (non-hydrogen) atoms. The van der Waals surface area contributed by atoms with Crippen LogP contribution in [0.1, 0.15) is 35.0 Å². The molecule has 142 valence electrons. The molecule has 2 aromatic rings. The summed E-state index contributed by atoms with van der Waals surface area (Å²) in [5.41, 5.74) is 0.494. The minimum absolute atomic E-state index is 0.0244. The molecule has 0 unspecified atom stereocenters. The molecule has 6 nitrogen and oxygen atoms in total. The van der Waals surface area contributed by atoms with E-state index in [1.54, 1.807) is 40.5 Å². The van der Waals surface area contributed by atoms with Crippen LogP contribution in [0, 0.1) is 0 Å². The Morgan fingerprint density at radius 1 is 1.19 bits per heavy atom. The van der Waals surface area contributed by atoms with Crippen molar-refractivity contribution in [3.05, 3.63) is 52.2 Å². The molecule has 7 heteroatoms. The van der Waals surface area contributed by atoms with Crippen LogP contribution < -0.4 is 10.1 Å². The minimum Gasteiger partial charge on any atom is -0.427 e. The van der Waals surface area contributed by atoms with Crippen molar-refractivity contribution in [2.45, 2.75) is 32.2 Å². The van der Waals surface area contributed by atoms with Crippen molar-refractivity contribution in [1.82, 2.24) is 10.2 Å². The van der Waals surface area contributed by atoms with Gasteiger partial charge >= 0.3 is 5.97 Å². The molecule has 0 aliphatic carbocycles. The molecule has 0 saturated carbocycles. The zero-order chi connectivity index (χ0) is 19.2. The zero-order valence-corrected chi connectivity index (χ0v) is 16.0. The minimum atomic E-state index is -0.418. The number of rotatable bonds is 5. The molecular weight excluding hydrogens is 364 g/mol. The Kier molecular flexibility index (Phi) is 6.24. The maximum Gasteiger partial charge on any atom is 0.308 e. The number of esters is 1. The molecule has 1 N–H and O–H groups in total. The summed E-state index contributed by atoms with van der Waals surface area (Å²) in [6.07, 6.45) is 1.86. The Hall–Kier alpha value is -2.67. The van der Waals surface area contributed by atoms with E-state index >= 15 is 0 Å². The fourth-order valence-electron chi connectivity index (χ4n) is 3.12. The van der Waals surface area contributed by atoms with Crippen LogP contribution in [0.5, 0.6) is 5.75 Å². The molecule has 0 spiro atoms. The summed E-state index contributed by atoms with van der Waals surface area (Å²) < 4.78 is 5.04. The van der Waals surface area contributed by atoms with Gasteiger partial charge in [-0.1, -0.05) is 12.1 Å². The quantitative estimate of drug-likeness (QED) is 0.633. The first kappa shape index (κ1) is 19.1. The summed E-state index contributed by atoms with van der Waals surface area (Å²) in [4.78, 5) is 38.7. The largest absolute Gasteiger partial charge is 0.427 e. The number of thiophene rings is 1. The van der Waals surface area contributed by atoms with Gasteiger partial charge in [-0.3, -0.25) is 14.4 Å². The summed E-state index contributed by atoms with van der Waals surface area (Å²) in [5, 5.41) is 5.02. The Labute approximate surface area is 162 Å². The van der Waals surface area contributed by atoms with Crippen molar-refractivity contribution in [2.75, 3.05) is 13.1 Å². The molecule has 1 saturated heterocycles. The van der Waals surface area contributed by atoms with Gasteiger partial charge in [0.15, 0.2) is 0 Å². The third kappa shape index (κ3) is 5.40. The highest BCUT2D eigenvalue weighted by molar-refractivity contribution is 7.10. The number of carbonyl (C=O) groups excluding carboxylic acids is 3. The number of carbonyl (C=O) groups is 3. The predicted octanol–water partition coefficient (Wildman–Crippen LogP) is 2.64. The summed E-state index contributed by atoms with van der Waals surface area (Å²) in [5.74, 6) is -0.119. The second-order valence-corrected chi connectivity index (χ2v) is 7.54. The average Bonchev–Trinajstić information content (AvgIpc) is 3.14. The molecule has 1 fully saturated rings. The molecule has 0 radical (unpaired) electrons. The van der Waals surface area contributed by atoms with Crippen molar-refractivity contribution in [3.63, 3.8) is 0 Å². The molecule has 1 aromatic heterocycles. The van der Waals surface area contributed by atoms with E-state index in [0.717, 1.165) is 17.7 Å². The van der Waals surface area contributed by atoms with Gasteiger partial charge < -0.3 is 15.0 Å². The first-order chi connectivity index (χ1) is 13.0. The highest BCUT2D eigenvalue weighted by atomic mass is 32.1. The van der Waals surface area contributed by atoms with Crippen LogP contribution >= 0.6 is 11.3 Å². The molecule has 2 amide bonds. The van der Waals surface area contributed by atoms with E-state index in [9.17, 15) is 14.4 Å². The van der Waals surface area contributed by atoms with Crippen LogP contribution in [0.4, 0.5) is 0 Å². The first-order valence-electron chi connectivity index (χ1n) is 8.91. The van der Waals surface area contributed by atoms with Gasteiger partial charge in [-0.25, -0.2) is 0 Å². The van der Waals surface area contributed by atoms with Crippen LogP contribution in [-0.4, -0.2) is 41.8 Å². The lowest BCUT2D eigenvalue weighted by Gasteiger charge is -2.32. The SMILES string of the molecule is CC(=O)Oc1cccc(C(=O)N2CCC(NC(=O)Cc3cccs3)CC2)c1. The van der Waals surface area contributed by atoms with Crippen LogP contribution in [-0.2, 0) is 16.0 Å². The van der Waals surface area contributed by atoms with Gasteiger partial charge in [-0.05, 0) is 42.5 Å². The maximum absolute atomic E-state index is 12.7. The molecule has 0 atom stereocenters. The standard InChI is InChI=1S/C20H22N2O4S/c1-14(23)26-17-5-2-4-15(12-17)20(25)22-9-7-16(8-10-22)21-19(24)13-18-6-3-11-27-18/h2-6,11-12,16H,7-10,13H2,1H3,(H,21,24). The molecular formula is C20H22N2O4S. The van der Waals surface area contributed by atoms with Gasteiger partial charge in [0, 0.05) is 36.5 Å². The molecule has 0 bridgehead atoms. The number of nitrogens with zero attached hydrogens (tertiary/aromatic N) is 1. The van der Waals surface area contributed by atoms with Crippen molar-refractivity contribution in [3.8, 4) is 5.75 Å². The van der Waals surface area contributed by atoms with Crippen molar-refractivity contribution < 1.29 is 19.1 Å². The summed E-state index contributed by atoms with van der Waals surface area (Å²) >= 11 is 1.57. The van der Waals surface area contributed by atoms with E-state index in [2.05, 4.69) is 5.32 Å². The van der Waals surface area contributed by atoms with E-state index in [-0.39, 0.29) is 17.9 Å². The Bertz CT molecular complexity index is 811. The van der Waals surface area contributed by atoms with Crippen molar-refractivity contribution in [1.29, 1.82) is 0 Å². The van der Waals surface area contributed by atoms with Gasteiger partial charge in [-0.15, -0.1) is 11.3 Å².